The van der Waals surface area contributed by atoms with Gasteiger partial charge in [-0.05, 0) is 77.9 Å². The Morgan fingerprint density at radius 1 is 1.12 bits per heavy atom. The van der Waals surface area contributed by atoms with Gasteiger partial charge < -0.3 is 14.4 Å². The Labute approximate surface area is 155 Å². The lowest BCUT2D eigenvalue weighted by molar-refractivity contribution is 0.0734. The Morgan fingerprint density at radius 2 is 1.88 bits per heavy atom. The third kappa shape index (κ3) is 3.36. The second kappa shape index (κ2) is 7.42. The number of carbonyl (C=O) groups is 1. The molecule has 0 spiro atoms. The number of hydrogen-bond donors (Lipinski definition) is 0. The molecule has 1 heterocycles. The summed E-state index contributed by atoms with van der Waals surface area (Å²) < 4.78 is 12.0. The zero-order valence-electron chi connectivity index (χ0n) is 13.8. The number of amides is 1. The molecule has 2 aromatic rings. The molecule has 0 aliphatic carbocycles. The zero-order valence-corrected chi connectivity index (χ0v) is 15.9. The molecule has 4 nitrogen and oxygen atoms in total. The first-order chi connectivity index (χ1) is 11.6. The number of benzene rings is 2. The number of hydrogen-bond acceptors (Lipinski definition) is 3. The second-order valence-corrected chi connectivity index (χ2v) is 7.02. The number of methoxy groups -OCH3 is 2. The Balaban J connectivity index is 1.93. The lowest BCUT2D eigenvalue weighted by Gasteiger charge is -2.27. The van der Waals surface area contributed by atoms with Gasteiger partial charge in [-0.1, -0.05) is 0 Å². The van der Waals surface area contributed by atoms with Crippen molar-refractivity contribution in [1.29, 1.82) is 0 Å². The maximum absolute atomic E-state index is 12.9. The molecule has 2 aromatic carbocycles. The highest BCUT2D eigenvalue weighted by Crippen LogP contribution is 2.39. The Morgan fingerprint density at radius 3 is 2.54 bits per heavy atom. The van der Waals surface area contributed by atoms with Crippen molar-refractivity contribution in [2.75, 3.05) is 20.8 Å². The first-order valence-electron chi connectivity index (χ1n) is 7.92. The SMILES string of the molecule is COc1ccc(OC)c(C2CCCN2C(=O)c2ccc(I)cc2)c1. The molecule has 24 heavy (non-hydrogen) atoms. The van der Waals surface area contributed by atoms with E-state index in [-0.39, 0.29) is 11.9 Å². The van der Waals surface area contributed by atoms with Crippen LogP contribution in [0.15, 0.2) is 42.5 Å². The van der Waals surface area contributed by atoms with E-state index in [2.05, 4.69) is 22.6 Å². The van der Waals surface area contributed by atoms with E-state index in [9.17, 15) is 4.79 Å². The third-order valence-corrected chi connectivity index (χ3v) is 5.12. The fraction of sp³-hybridized carbons (Fsp3) is 0.316. The van der Waals surface area contributed by atoms with E-state index in [1.54, 1.807) is 14.2 Å². The summed E-state index contributed by atoms with van der Waals surface area (Å²) in [5.41, 5.74) is 1.73. The third-order valence-electron chi connectivity index (χ3n) is 4.40. The van der Waals surface area contributed by atoms with E-state index in [1.807, 2.05) is 47.4 Å². The van der Waals surface area contributed by atoms with Crippen molar-refractivity contribution in [2.24, 2.45) is 0 Å². The van der Waals surface area contributed by atoms with Gasteiger partial charge in [-0.3, -0.25) is 4.79 Å². The number of ether oxygens (including phenoxy) is 2. The monoisotopic (exact) mass is 437 g/mol. The maximum atomic E-state index is 12.9. The quantitative estimate of drug-likeness (QED) is 0.671. The predicted molar refractivity (Wildman–Crippen MR) is 102 cm³/mol. The molecule has 5 heteroatoms. The highest BCUT2D eigenvalue weighted by atomic mass is 127. The number of nitrogens with zero attached hydrogens (tertiary/aromatic N) is 1. The van der Waals surface area contributed by atoms with Gasteiger partial charge in [0, 0.05) is 21.2 Å². The summed E-state index contributed by atoms with van der Waals surface area (Å²) in [5.74, 6) is 1.64. The van der Waals surface area contributed by atoms with Crippen LogP contribution in [0.2, 0.25) is 0 Å². The van der Waals surface area contributed by atoms with Gasteiger partial charge in [0.1, 0.15) is 11.5 Å². The molecule has 3 rings (SSSR count). The molecule has 1 amide bonds. The highest BCUT2D eigenvalue weighted by Gasteiger charge is 2.32. The smallest absolute Gasteiger partial charge is 0.254 e. The van der Waals surface area contributed by atoms with Crippen molar-refractivity contribution in [1.82, 2.24) is 4.90 Å². The minimum absolute atomic E-state index is 0.0156. The van der Waals surface area contributed by atoms with Gasteiger partial charge in [0.15, 0.2) is 0 Å². The van der Waals surface area contributed by atoms with Crippen LogP contribution in [-0.4, -0.2) is 31.6 Å². The van der Waals surface area contributed by atoms with E-state index >= 15 is 0 Å². The second-order valence-electron chi connectivity index (χ2n) is 5.77. The molecule has 1 aliphatic rings. The maximum Gasteiger partial charge on any atom is 0.254 e. The molecule has 0 radical (unpaired) electrons. The Bertz CT molecular complexity index is 730. The molecule has 0 saturated carbocycles. The van der Waals surface area contributed by atoms with Crippen molar-refractivity contribution in [3.63, 3.8) is 0 Å². The molecular weight excluding hydrogens is 417 g/mol. The van der Waals surface area contributed by atoms with Crippen molar-refractivity contribution in [3.05, 3.63) is 57.2 Å². The van der Waals surface area contributed by atoms with Crippen molar-refractivity contribution in [3.8, 4) is 11.5 Å². The average molecular weight is 437 g/mol. The van der Waals surface area contributed by atoms with E-state index in [0.29, 0.717) is 0 Å². The molecule has 1 saturated heterocycles. The molecule has 1 aliphatic heterocycles. The van der Waals surface area contributed by atoms with Gasteiger partial charge in [-0.2, -0.15) is 0 Å². The Kier molecular flexibility index (Phi) is 5.28. The summed E-state index contributed by atoms with van der Waals surface area (Å²) in [6, 6.07) is 13.5. The summed E-state index contributed by atoms with van der Waals surface area (Å²) in [5, 5.41) is 0. The van der Waals surface area contributed by atoms with Crippen molar-refractivity contribution in [2.45, 2.75) is 18.9 Å². The molecule has 0 N–H and O–H groups in total. The average Bonchev–Trinajstić information content (AvgIpc) is 3.10. The van der Waals surface area contributed by atoms with Crippen LogP contribution in [0.1, 0.15) is 34.8 Å². The summed E-state index contributed by atoms with van der Waals surface area (Å²) in [6.07, 6.45) is 1.92. The molecular formula is C19H20INO3. The zero-order chi connectivity index (χ0) is 17.1. The van der Waals surface area contributed by atoms with Gasteiger partial charge >= 0.3 is 0 Å². The largest absolute Gasteiger partial charge is 0.497 e. The van der Waals surface area contributed by atoms with Crippen LogP contribution in [0.3, 0.4) is 0 Å². The topological polar surface area (TPSA) is 38.8 Å². The molecule has 1 unspecified atom stereocenters. The van der Waals surface area contributed by atoms with E-state index in [0.717, 1.165) is 45.6 Å². The lowest BCUT2D eigenvalue weighted by Crippen LogP contribution is -2.30. The highest BCUT2D eigenvalue weighted by molar-refractivity contribution is 14.1. The van der Waals surface area contributed by atoms with Crippen LogP contribution in [0, 0.1) is 3.57 Å². The van der Waals surface area contributed by atoms with Gasteiger partial charge in [0.2, 0.25) is 0 Å². The van der Waals surface area contributed by atoms with E-state index in [4.69, 9.17) is 9.47 Å². The Hall–Kier alpha value is -1.76. The first-order valence-corrected chi connectivity index (χ1v) is 9.00. The van der Waals surface area contributed by atoms with Gasteiger partial charge in [-0.15, -0.1) is 0 Å². The number of halogens is 1. The van der Waals surface area contributed by atoms with Crippen molar-refractivity contribution < 1.29 is 14.3 Å². The van der Waals surface area contributed by atoms with Gasteiger partial charge in [-0.25, -0.2) is 0 Å². The van der Waals surface area contributed by atoms with Gasteiger partial charge in [0.05, 0.1) is 20.3 Å². The fourth-order valence-electron chi connectivity index (χ4n) is 3.19. The fourth-order valence-corrected chi connectivity index (χ4v) is 3.55. The number of carbonyl (C=O) groups excluding carboxylic acids is 1. The van der Waals surface area contributed by atoms with Crippen LogP contribution in [0.4, 0.5) is 0 Å². The standard InChI is InChI=1S/C19H20INO3/c1-23-15-9-10-18(24-2)16(12-15)17-4-3-11-21(17)19(22)13-5-7-14(20)8-6-13/h5-10,12,17H,3-4,11H2,1-2H3. The van der Waals surface area contributed by atoms with Gasteiger partial charge in [0.25, 0.3) is 5.91 Å². The summed E-state index contributed by atoms with van der Waals surface area (Å²) in [4.78, 5) is 14.9. The lowest BCUT2D eigenvalue weighted by atomic mass is 10.0. The van der Waals surface area contributed by atoms with E-state index < -0.39 is 0 Å². The molecule has 0 bridgehead atoms. The van der Waals surface area contributed by atoms with Crippen molar-refractivity contribution >= 4 is 28.5 Å². The normalized spacial score (nSPS) is 17.0. The predicted octanol–water partition coefficient (Wildman–Crippen LogP) is 4.29. The summed E-state index contributed by atoms with van der Waals surface area (Å²) in [6.45, 7) is 0.760. The van der Waals surface area contributed by atoms with Crippen LogP contribution in [0.25, 0.3) is 0 Å². The minimum Gasteiger partial charge on any atom is -0.497 e. The molecule has 126 valence electrons. The molecule has 0 aromatic heterocycles. The first kappa shape index (κ1) is 17.1. The summed E-state index contributed by atoms with van der Waals surface area (Å²) in [7, 11) is 3.31. The molecule has 1 atom stereocenters. The van der Waals surface area contributed by atoms with Crippen LogP contribution in [-0.2, 0) is 0 Å². The van der Waals surface area contributed by atoms with Crippen LogP contribution >= 0.6 is 22.6 Å². The molecule has 1 fully saturated rings. The number of likely N-dealkylation sites (tertiary alicyclic amines) is 1. The van der Waals surface area contributed by atoms with Crippen LogP contribution in [0.5, 0.6) is 11.5 Å². The summed E-state index contributed by atoms with van der Waals surface area (Å²) >= 11 is 2.24. The number of rotatable bonds is 4. The minimum atomic E-state index is 0.0156. The van der Waals surface area contributed by atoms with Crippen LogP contribution < -0.4 is 9.47 Å². The van der Waals surface area contributed by atoms with E-state index in [1.165, 1.54) is 0 Å².